The normalized spacial score (nSPS) is 14.2. The summed E-state index contributed by atoms with van der Waals surface area (Å²) < 4.78 is 0. The van der Waals surface area contributed by atoms with Gasteiger partial charge >= 0.3 is 6.03 Å². The number of rotatable bonds is 5. The molecule has 3 rings (SSSR count). The number of benzene rings is 2. The molecule has 0 atom stereocenters. The number of hydrogen-bond acceptors (Lipinski definition) is 2. The van der Waals surface area contributed by atoms with Crippen molar-refractivity contribution < 1.29 is 9.59 Å². The maximum Gasteiger partial charge on any atom is 0.325 e. The highest BCUT2D eigenvalue weighted by atomic mass is 35.5. The third-order valence-electron chi connectivity index (χ3n) is 4.84. The van der Waals surface area contributed by atoms with E-state index in [-0.39, 0.29) is 18.5 Å². The zero-order chi connectivity index (χ0) is 19.6. The van der Waals surface area contributed by atoms with E-state index in [1.54, 1.807) is 28.0 Å². The molecule has 2 aromatic carbocycles. The van der Waals surface area contributed by atoms with Gasteiger partial charge in [-0.2, -0.15) is 0 Å². The molecule has 0 radical (unpaired) electrons. The first-order chi connectivity index (χ1) is 12.9. The average Bonchev–Trinajstić information content (AvgIpc) is 2.99. The molecule has 6 heteroatoms. The van der Waals surface area contributed by atoms with Crippen molar-refractivity contribution in [3.05, 3.63) is 58.6 Å². The maximum absolute atomic E-state index is 12.7. The van der Waals surface area contributed by atoms with Crippen LogP contribution in [0.2, 0.25) is 5.02 Å². The molecule has 1 aliphatic rings. The largest absolute Gasteiger partial charge is 0.325 e. The van der Waals surface area contributed by atoms with Crippen molar-refractivity contribution in [2.24, 2.45) is 0 Å². The minimum Gasteiger partial charge on any atom is -0.324 e. The summed E-state index contributed by atoms with van der Waals surface area (Å²) in [4.78, 5) is 28.3. The second kappa shape index (κ2) is 8.01. The second-order valence-corrected chi connectivity index (χ2v) is 7.47. The molecular weight excluding hydrogens is 362 g/mol. The van der Waals surface area contributed by atoms with Crippen LogP contribution in [-0.2, 0) is 4.79 Å². The lowest BCUT2D eigenvalue weighted by atomic mass is 10.0. The third-order valence-corrected chi connectivity index (χ3v) is 5.25. The van der Waals surface area contributed by atoms with Crippen LogP contribution in [0.1, 0.15) is 30.9 Å². The summed E-state index contributed by atoms with van der Waals surface area (Å²) in [7, 11) is 0. The summed E-state index contributed by atoms with van der Waals surface area (Å²) in [5, 5.41) is 3.44. The summed E-state index contributed by atoms with van der Waals surface area (Å²) in [6.45, 7) is 7.24. The van der Waals surface area contributed by atoms with Crippen molar-refractivity contribution in [3.8, 4) is 0 Å². The van der Waals surface area contributed by atoms with Crippen LogP contribution in [0.4, 0.5) is 16.2 Å². The van der Waals surface area contributed by atoms with Crippen LogP contribution in [-0.4, -0.2) is 36.5 Å². The fourth-order valence-corrected chi connectivity index (χ4v) is 3.29. The summed E-state index contributed by atoms with van der Waals surface area (Å²) in [6.07, 6.45) is 0. The van der Waals surface area contributed by atoms with E-state index in [2.05, 4.69) is 19.2 Å². The maximum atomic E-state index is 12.7. The second-order valence-electron chi connectivity index (χ2n) is 7.06. The van der Waals surface area contributed by atoms with Crippen LogP contribution >= 0.6 is 11.6 Å². The molecule has 1 fully saturated rings. The van der Waals surface area contributed by atoms with Gasteiger partial charge in [0.25, 0.3) is 0 Å². The van der Waals surface area contributed by atoms with Gasteiger partial charge in [0.15, 0.2) is 0 Å². The first kappa shape index (κ1) is 19.2. The number of amides is 3. The highest BCUT2D eigenvalue weighted by Crippen LogP contribution is 2.25. The molecule has 0 aromatic heterocycles. The van der Waals surface area contributed by atoms with Gasteiger partial charge in [0.2, 0.25) is 5.91 Å². The molecule has 0 unspecified atom stereocenters. The van der Waals surface area contributed by atoms with Crippen LogP contribution in [0.15, 0.2) is 42.5 Å². The van der Waals surface area contributed by atoms with Crippen LogP contribution in [0.25, 0.3) is 0 Å². The molecule has 1 heterocycles. The molecule has 1 aliphatic heterocycles. The van der Waals surface area contributed by atoms with Gasteiger partial charge in [-0.1, -0.05) is 43.6 Å². The first-order valence-corrected chi connectivity index (χ1v) is 9.46. The minimum atomic E-state index is -0.231. The molecule has 1 saturated heterocycles. The molecule has 2 aromatic rings. The Kier molecular flexibility index (Phi) is 5.71. The third kappa shape index (κ3) is 4.25. The predicted molar refractivity (Wildman–Crippen MR) is 110 cm³/mol. The average molecular weight is 386 g/mol. The van der Waals surface area contributed by atoms with Gasteiger partial charge in [0.05, 0.1) is 0 Å². The number of carbonyl (C=O) groups is 2. The quantitative estimate of drug-likeness (QED) is 0.814. The summed E-state index contributed by atoms with van der Waals surface area (Å²) >= 11 is 6.09. The SMILES string of the molecule is Cc1c(Cl)cccc1NC(=O)CN1CCN(c2ccc(C(C)C)cc2)C1=O. The number of anilines is 2. The van der Waals surface area contributed by atoms with Crippen LogP contribution in [0.5, 0.6) is 0 Å². The Balaban J connectivity index is 1.63. The molecule has 3 amide bonds. The van der Waals surface area contributed by atoms with Gasteiger partial charge in [-0.25, -0.2) is 4.79 Å². The lowest BCUT2D eigenvalue weighted by molar-refractivity contribution is -0.116. The van der Waals surface area contributed by atoms with Crippen molar-refractivity contribution >= 4 is 34.9 Å². The highest BCUT2D eigenvalue weighted by Gasteiger charge is 2.30. The van der Waals surface area contributed by atoms with Gasteiger partial charge in [-0.05, 0) is 48.2 Å². The lowest BCUT2D eigenvalue weighted by Gasteiger charge is -2.19. The Labute approximate surface area is 164 Å². The first-order valence-electron chi connectivity index (χ1n) is 9.08. The van der Waals surface area contributed by atoms with E-state index in [0.717, 1.165) is 11.3 Å². The van der Waals surface area contributed by atoms with Crippen molar-refractivity contribution in [3.63, 3.8) is 0 Å². The number of nitrogens with zero attached hydrogens (tertiary/aromatic N) is 2. The van der Waals surface area contributed by atoms with Crippen molar-refractivity contribution in [1.82, 2.24) is 4.90 Å². The smallest absolute Gasteiger partial charge is 0.324 e. The number of hydrogen-bond donors (Lipinski definition) is 1. The van der Waals surface area contributed by atoms with Gasteiger partial charge < -0.3 is 10.2 Å². The molecule has 27 heavy (non-hydrogen) atoms. The lowest BCUT2D eigenvalue weighted by Crippen LogP contribution is -2.37. The van der Waals surface area contributed by atoms with Crippen molar-refractivity contribution in [1.29, 1.82) is 0 Å². The molecule has 0 aliphatic carbocycles. The molecule has 0 spiro atoms. The van der Waals surface area contributed by atoms with Gasteiger partial charge in [-0.3, -0.25) is 9.69 Å². The van der Waals surface area contributed by atoms with E-state index in [9.17, 15) is 9.59 Å². The van der Waals surface area contributed by atoms with E-state index < -0.39 is 0 Å². The molecule has 0 saturated carbocycles. The molecule has 5 nitrogen and oxygen atoms in total. The fourth-order valence-electron chi connectivity index (χ4n) is 3.11. The number of urea groups is 1. The van der Waals surface area contributed by atoms with Gasteiger partial charge in [-0.15, -0.1) is 0 Å². The van der Waals surface area contributed by atoms with Crippen LogP contribution in [0.3, 0.4) is 0 Å². The van der Waals surface area contributed by atoms with Crippen molar-refractivity contribution in [2.45, 2.75) is 26.7 Å². The van der Waals surface area contributed by atoms with Gasteiger partial charge in [0.1, 0.15) is 6.54 Å². The van der Waals surface area contributed by atoms with E-state index in [4.69, 9.17) is 11.6 Å². The summed E-state index contributed by atoms with van der Waals surface area (Å²) in [6, 6.07) is 13.2. The predicted octanol–water partition coefficient (Wildman–Crippen LogP) is 4.65. The van der Waals surface area contributed by atoms with Crippen LogP contribution < -0.4 is 10.2 Å². The van der Waals surface area contributed by atoms with E-state index in [0.29, 0.717) is 29.7 Å². The zero-order valence-corrected chi connectivity index (χ0v) is 16.6. The Morgan fingerprint density at radius 1 is 1.15 bits per heavy atom. The standard InChI is InChI=1S/C21H24ClN3O2/c1-14(2)16-7-9-17(10-8-16)25-12-11-24(21(25)27)13-20(26)23-19-6-4-5-18(22)15(19)3/h4-10,14H,11-13H2,1-3H3,(H,23,26). The van der Waals surface area contributed by atoms with E-state index in [1.165, 1.54) is 5.56 Å². The van der Waals surface area contributed by atoms with Crippen molar-refractivity contribution in [2.75, 3.05) is 29.9 Å². The molecule has 1 N–H and O–H groups in total. The highest BCUT2D eigenvalue weighted by molar-refractivity contribution is 6.31. The topological polar surface area (TPSA) is 52.7 Å². The summed E-state index contributed by atoms with van der Waals surface area (Å²) in [5.41, 5.74) is 3.57. The molecule has 142 valence electrons. The zero-order valence-electron chi connectivity index (χ0n) is 15.8. The Morgan fingerprint density at radius 3 is 2.52 bits per heavy atom. The number of halogens is 1. The Hall–Kier alpha value is -2.53. The Morgan fingerprint density at radius 2 is 1.85 bits per heavy atom. The number of nitrogens with one attached hydrogen (secondary N) is 1. The Bertz CT molecular complexity index is 849. The van der Waals surface area contributed by atoms with E-state index >= 15 is 0 Å². The fraction of sp³-hybridized carbons (Fsp3) is 0.333. The number of carbonyl (C=O) groups excluding carboxylic acids is 2. The van der Waals surface area contributed by atoms with Crippen LogP contribution in [0, 0.1) is 6.92 Å². The summed E-state index contributed by atoms with van der Waals surface area (Å²) in [5.74, 6) is 0.217. The molecular formula is C21H24ClN3O2. The monoisotopic (exact) mass is 385 g/mol. The van der Waals surface area contributed by atoms with Gasteiger partial charge in [0, 0.05) is 29.5 Å². The van der Waals surface area contributed by atoms with E-state index in [1.807, 2.05) is 31.2 Å². The molecule has 0 bridgehead atoms. The minimum absolute atomic E-state index is 0.0192.